The van der Waals surface area contributed by atoms with Crippen LogP contribution in [0.25, 0.3) is 5.69 Å². The Morgan fingerprint density at radius 3 is 2.26 bits per heavy atom. The Morgan fingerprint density at radius 2 is 1.78 bits per heavy atom. The summed E-state index contributed by atoms with van der Waals surface area (Å²) >= 11 is 0. The minimum absolute atomic E-state index is 0.113. The molecule has 2 aromatic rings. The molecule has 122 valence electrons. The molecule has 1 heterocycles. The number of nitrogens with zero attached hydrogens (tertiary/aromatic N) is 3. The first-order valence-corrected chi connectivity index (χ1v) is 7.77. The van der Waals surface area contributed by atoms with Gasteiger partial charge < -0.3 is 10.3 Å². The highest BCUT2D eigenvalue weighted by atomic mass is 32.2. The standard InChI is InChI=1S/C13H14N4O5S/c1-15(2)23(21,22)13-8-11(17(19)20)10(14)7-12(13)16-5-3-9(18)4-6-16/h3-8H,14H2,1-2H3. The summed E-state index contributed by atoms with van der Waals surface area (Å²) in [6, 6.07) is 4.59. The van der Waals surface area contributed by atoms with E-state index in [0.29, 0.717) is 0 Å². The Balaban J connectivity index is 2.85. The molecular weight excluding hydrogens is 324 g/mol. The monoisotopic (exact) mass is 338 g/mol. The van der Waals surface area contributed by atoms with Crippen LogP contribution in [-0.4, -0.2) is 36.3 Å². The summed E-state index contributed by atoms with van der Waals surface area (Å²) in [5.74, 6) is 0. The summed E-state index contributed by atoms with van der Waals surface area (Å²) in [6.07, 6.45) is 2.72. The van der Waals surface area contributed by atoms with Gasteiger partial charge >= 0.3 is 0 Å². The van der Waals surface area contributed by atoms with Crippen LogP contribution in [0.2, 0.25) is 0 Å². The van der Waals surface area contributed by atoms with Crippen molar-refractivity contribution in [3.8, 4) is 5.69 Å². The molecule has 10 heteroatoms. The summed E-state index contributed by atoms with van der Waals surface area (Å²) in [5.41, 5.74) is 4.83. The van der Waals surface area contributed by atoms with Crippen LogP contribution >= 0.6 is 0 Å². The van der Waals surface area contributed by atoms with Crippen molar-refractivity contribution in [3.63, 3.8) is 0 Å². The molecule has 0 atom stereocenters. The highest BCUT2D eigenvalue weighted by molar-refractivity contribution is 7.89. The topological polar surface area (TPSA) is 129 Å². The highest BCUT2D eigenvalue weighted by Gasteiger charge is 2.27. The van der Waals surface area contributed by atoms with Gasteiger partial charge in [0.25, 0.3) is 5.69 Å². The van der Waals surface area contributed by atoms with Gasteiger partial charge in [0.05, 0.1) is 10.6 Å². The molecule has 0 amide bonds. The van der Waals surface area contributed by atoms with Crippen LogP contribution in [0.4, 0.5) is 11.4 Å². The number of rotatable bonds is 4. The SMILES string of the molecule is CN(C)S(=O)(=O)c1cc([N+](=O)[O-])c(N)cc1-n1ccc(=O)cc1. The lowest BCUT2D eigenvalue weighted by Crippen LogP contribution is -2.24. The van der Waals surface area contributed by atoms with Crippen LogP contribution < -0.4 is 11.2 Å². The van der Waals surface area contributed by atoms with Crippen LogP contribution in [0.15, 0.2) is 46.3 Å². The fourth-order valence-corrected chi connectivity index (χ4v) is 2.99. The fourth-order valence-electron chi connectivity index (χ4n) is 1.91. The Bertz CT molecular complexity index is 913. The lowest BCUT2D eigenvalue weighted by atomic mass is 10.2. The molecule has 2 N–H and O–H groups in total. The zero-order chi connectivity index (χ0) is 17.4. The minimum atomic E-state index is -3.96. The van der Waals surface area contributed by atoms with Crippen LogP contribution in [0.1, 0.15) is 0 Å². The van der Waals surface area contributed by atoms with Gasteiger partial charge in [0.15, 0.2) is 5.43 Å². The smallest absolute Gasteiger partial charge is 0.293 e. The average molecular weight is 338 g/mol. The van der Waals surface area contributed by atoms with E-state index in [9.17, 15) is 23.3 Å². The van der Waals surface area contributed by atoms with Crippen LogP contribution in [0, 0.1) is 10.1 Å². The molecule has 0 saturated carbocycles. The third-order valence-electron chi connectivity index (χ3n) is 3.14. The molecule has 0 radical (unpaired) electrons. The highest BCUT2D eigenvalue weighted by Crippen LogP contribution is 2.32. The Morgan fingerprint density at radius 1 is 1.22 bits per heavy atom. The second kappa shape index (κ2) is 5.82. The molecule has 2 rings (SSSR count). The van der Waals surface area contributed by atoms with Gasteiger partial charge in [0.1, 0.15) is 10.6 Å². The first-order valence-electron chi connectivity index (χ1n) is 6.33. The van der Waals surface area contributed by atoms with Crippen LogP contribution in [-0.2, 0) is 10.0 Å². The van der Waals surface area contributed by atoms with E-state index in [1.54, 1.807) is 0 Å². The quantitative estimate of drug-likeness (QED) is 0.493. The summed E-state index contributed by atoms with van der Waals surface area (Å²) in [4.78, 5) is 21.2. The van der Waals surface area contributed by atoms with Crippen molar-refractivity contribution in [2.75, 3.05) is 19.8 Å². The van der Waals surface area contributed by atoms with Crippen molar-refractivity contribution >= 4 is 21.4 Å². The normalized spacial score (nSPS) is 11.6. The average Bonchev–Trinajstić information content (AvgIpc) is 2.46. The summed E-state index contributed by atoms with van der Waals surface area (Å²) in [7, 11) is -1.34. The molecule has 0 unspecified atom stereocenters. The van der Waals surface area contributed by atoms with Crippen molar-refractivity contribution in [3.05, 3.63) is 57.0 Å². The number of benzene rings is 1. The Hall–Kier alpha value is -2.72. The van der Waals surface area contributed by atoms with E-state index in [0.717, 1.165) is 10.4 Å². The molecule has 1 aromatic heterocycles. The molecule has 0 bridgehead atoms. The van der Waals surface area contributed by atoms with Crippen LogP contribution in [0.3, 0.4) is 0 Å². The summed E-state index contributed by atoms with van der Waals surface area (Å²) < 4.78 is 27.2. The van der Waals surface area contributed by atoms with Crippen molar-refractivity contribution in [2.45, 2.75) is 4.90 Å². The van der Waals surface area contributed by atoms with E-state index in [2.05, 4.69) is 0 Å². The molecule has 1 aromatic carbocycles. The van der Waals surface area contributed by atoms with E-state index in [4.69, 9.17) is 5.73 Å². The van der Waals surface area contributed by atoms with Gasteiger partial charge in [-0.2, -0.15) is 0 Å². The summed E-state index contributed by atoms with van der Waals surface area (Å²) in [6.45, 7) is 0. The van der Waals surface area contributed by atoms with Gasteiger partial charge in [-0.05, 0) is 6.07 Å². The zero-order valence-electron chi connectivity index (χ0n) is 12.3. The van der Waals surface area contributed by atoms with Gasteiger partial charge in [-0.3, -0.25) is 14.9 Å². The number of nitrogen functional groups attached to an aromatic ring is 1. The molecule has 0 fully saturated rings. The van der Waals surface area contributed by atoms with Crippen molar-refractivity contribution in [1.82, 2.24) is 8.87 Å². The van der Waals surface area contributed by atoms with Gasteiger partial charge in [-0.15, -0.1) is 0 Å². The molecule has 0 saturated heterocycles. The molecule has 0 spiro atoms. The number of anilines is 1. The predicted octanol–water partition coefficient (Wildman–Crippen LogP) is 0.578. The Kier molecular flexibility index (Phi) is 4.21. The van der Waals surface area contributed by atoms with Crippen LogP contribution in [0.5, 0.6) is 0 Å². The molecular formula is C13H14N4O5S. The molecule has 23 heavy (non-hydrogen) atoms. The fraction of sp³-hybridized carbons (Fsp3) is 0.154. The van der Waals surface area contributed by atoms with Crippen molar-refractivity contribution in [2.24, 2.45) is 0 Å². The first-order chi connectivity index (χ1) is 10.6. The Labute approximate surface area is 131 Å². The molecule has 0 aliphatic carbocycles. The van der Waals surface area contributed by atoms with Crippen molar-refractivity contribution < 1.29 is 13.3 Å². The number of hydrogen-bond donors (Lipinski definition) is 1. The number of nitro benzene ring substituents is 1. The first kappa shape index (κ1) is 16.6. The second-order valence-electron chi connectivity index (χ2n) is 4.86. The number of hydrogen-bond acceptors (Lipinski definition) is 6. The van der Waals surface area contributed by atoms with E-state index >= 15 is 0 Å². The number of aromatic nitrogens is 1. The van der Waals surface area contributed by atoms with E-state index < -0.39 is 20.6 Å². The largest absolute Gasteiger partial charge is 0.393 e. The minimum Gasteiger partial charge on any atom is -0.393 e. The number of nitro groups is 1. The van der Waals surface area contributed by atoms with Gasteiger partial charge in [-0.1, -0.05) is 0 Å². The zero-order valence-corrected chi connectivity index (χ0v) is 13.1. The lowest BCUT2D eigenvalue weighted by molar-refractivity contribution is -0.384. The van der Waals surface area contributed by atoms with E-state index in [1.165, 1.54) is 49.3 Å². The number of pyridine rings is 1. The van der Waals surface area contributed by atoms with Gasteiger partial charge in [0, 0.05) is 44.7 Å². The number of nitrogens with two attached hydrogens (primary N) is 1. The second-order valence-corrected chi connectivity index (χ2v) is 6.98. The third kappa shape index (κ3) is 3.07. The number of sulfonamides is 1. The van der Waals surface area contributed by atoms with Crippen molar-refractivity contribution in [1.29, 1.82) is 0 Å². The predicted molar refractivity (Wildman–Crippen MR) is 84.0 cm³/mol. The van der Waals surface area contributed by atoms with Gasteiger partial charge in [0.2, 0.25) is 10.0 Å². The van der Waals surface area contributed by atoms with E-state index in [-0.39, 0.29) is 21.7 Å². The maximum atomic E-state index is 12.5. The molecule has 0 aliphatic rings. The molecule has 9 nitrogen and oxygen atoms in total. The lowest BCUT2D eigenvalue weighted by Gasteiger charge is -2.17. The third-order valence-corrected chi connectivity index (χ3v) is 4.98. The maximum Gasteiger partial charge on any atom is 0.293 e. The molecule has 0 aliphatic heterocycles. The van der Waals surface area contributed by atoms with E-state index in [1.807, 2.05) is 0 Å². The summed E-state index contributed by atoms with van der Waals surface area (Å²) in [5, 5.41) is 11.0. The maximum absolute atomic E-state index is 12.5. The van der Waals surface area contributed by atoms with Gasteiger partial charge in [-0.25, -0.2) is 12.7 Å².